The third kappa shape index (κ3) is 2.72. The molecule has 0 aliphatic carbocycles. The van der Waals surface area contributed by atoms with Crippen molar-refractivity contribution in [2.75, 3.05) is 18.4 Å². The second kappa shape index (κ2) is 4.80. The van der Waals surface area contributed by atoms with Crippen molar-refractivity contribution in [1.29, 1.82) is 0 Å². The van der Waals surface area contributed by atoms with Crippen LogP contribution in [0.5, 0.6) is 0 Å². The zero-order valence-corrected chi connectivity index (χ0v) is 9.68. The Kier molecular flexibility index (Phi) is 3.43. The summed E-state index contributed by atoms with van der Waals surface area (Å²) in [6, 6.07) is 8.92. The summed E-state index contributed by atoms with van der Waals surface area (Å²) in [7, 11) is 0. The largest absolute Gasteiger partial charge is 0.381 e. The van der Waals surface area contributed by atoms with Crippen LogP contribution in [0.1, 0.15) is 12.8 Å². The van der Waals surface area contributed by atoms with Crippen LogP contribution in [0.4, 0.5) is 5.69 Å². The third-order valence-corrected chi connectivity index (χ3v) is 2.99. The maximum atomic E-state index is 3.53. The molecule has 76 valence electrons. The van der Waals surface area contributed by atoms with E-state index < -0.39 is 0 Å². The Morgan fingerprint density at radius 2 is 2.36 bits per heavy atom. The van der Waals surface area contributed by atoms with Gasteiger partial charge in [-0.15, -0.1) is 0 Å². The van der Waals surface area contributed by atoms with Crippen LogP contribution in [0, 0.1) is 0 Å². The predicted molar refractivity (Wildman–Crippen MR) is 63.7 cm³/mol. The van der Waals surface area contributed by atoms with Crippen molar-refractivity contribution < 1.29 is 0 Å². The summed E-state index contributed by atoms with van der Waals surface area (Å²) in [5, 5.41) is 6.92. The minimum atomic E-state index is 0.582. The van der Waals surface area contributed by atoms with E-state index >= 15 is 0 Å². The maximum Gasteiger partial charge on any atom is 0.0386 e. The fraction of sp³-hybridized carbons (Fsp3) is 0.455. The highest BCUT2D eigenvalue weighted by Gasteiger charge is 2.11. The molecule has 1 saturated heterocycles. The highest BCUT2D eigenvalue weighted by atomic mass is 79.9. The minimum Gasteiger partial charge on any atom is -0.381 e. The summed E-state index contributed by atoms with van der Waals surface area (Å²) in [4.78, 5) is 0. The van der Waals surface area contributed by atoms with Crippen LogP contribution >= 0.6 is 15.9 Å². The van der Waals surface area contributed by atoms with Crippen molar-refractivity contribution in [3.8, 4) is 0 Å². The van der Waals surface area contributed by atoms with Gasteiger partial charge in [-0.3, -0.25) is 0 Å². The van der Waals surface area contributed by atoms with Gasteiger partial charge in [0.15, 0.2) is 0 Å². The summed E-state index contributed by atoms with van der Waals surface area (Å²) in [6.07, 6.45) is 2.53. The Morgan fingerprint density at radius 3 is 3.07 bits per heavy atom. The molecule has 1 aromatic carbocycles. The second-order valence-corrected chi connectivity index (χ2v) is 4.61. The molecular weight excluding hydrogens is 240 g/mol. The lowest BCUT2D eigenvalue weighted by atomic mass is 10.1. The smallest absolute Gasteiger partial charge is 0.0386 e. The van der Waals surface area contributed by atoms with Crippen molar-refractivity contribution in [2.45, 2.75) is 18.9 Å². The monoisotopic (exact) mass is 254 g/mol. The SMILES string of the molecule is Brc1cccc(N[C@H]2CCCNC2)c1. The van der Waals surface area contributed by atoms with E-state index in [1.54, 1.807) is 0 Å². The maximum absolute atomic E-state index is 3.53. The quantitative estimate of drug-likeness (QED) is 0.848. The molecule has 1 fully saturated rings. The number of piperidine rings is 1. The molecule has 2 rings (SSSR count). The zero-order valence-electron chi connectivity index (χ0n) is 8.09. The summed E-state index contributed by atoms with van der Waals surface area (Å²) in [6.45, 7) is 2.24. The molecule has 14 heavy (non-hydrogen) atoms. The summed E-state index contributed by atoms with van der Waals surface area (Å²) in [5.74, 6) is 0. The molecule has 0 radical (unpaired) electrons. The van der Waals surface area contributed by atoms with Gasteiger partial charge in [0.1, 0.15) is 0 Å². The molecule has 0 bridgehead atoms. The molecule has 0 spiro atoms. The van der Waals surface area contributed by atoms with Gasteiger partial charge in [-0.2, -0.15) is 0 Å². The minimum absolute atomic E-state index is 0.582. The van der Waals surface area contributed by atoms with Crippen LogP contribution < -0.4 is 10.6 Å². The average Bonchev–Trinajstić information content (AvgIpc) is 2.19. The predicted octanol–water partition coefficient (Wildman–Crippen LogP) is 2.61. The molecule has 1 heterocycles. The molecule has 3 heteroatoms. The number of hydrogen-bond acceptors (Lipinski definition) is 2. The Balaban J connectivity index is 1.95. The molecule has 0 saturated carbocycles. The molecule has 1 aromatic rings. The summed E-state index contributed by atoms with van der Waals surface area (Å²) >= 11 is 3.47. The number of rotatable bonds is 2. The number of nitrogens with one attached hydrogen (secondary N) is 2. The summed E-state index contributed by atoms with van der Waals surface area (Å²) in [5.41, 5.74) is 1.20. The van der Waals surface area contributed by atoms with Crippen LogP contribution in [0.3, 0.4) is 0 Å². The number of hydrogen-bond donors (Lipinski definition) is 2. The fourth-order valence-electron chi connectivity index (χ4n) is 1.79. The molecule has 0 amide bonds. The Bertz CT molecular complexity index is 295. The van der Waals surface area contributed by atoms with Gasteiger partial charge in [-0.25, -0.2) is 0 Å². The summed E-state index contributed by atoms with van der Waals surface area (Å²) < 4.78 is 1.13. The van der Waals surface area contributed by atoms with Crippen LogP contribution in [0.15, 0.2) is 28.7 Å². The molecule has 2 N–H and O–H groups in total. The Labute approximate surface area is 93.2 Å². The van der Waals surface area contributed by atoms with Gasteiger partial charge in [0.05, 0.1) is 0 Å². The first-order valence-electron chi connectivity index (χ1n) is 5.07. The van der Waals surface area contributed by atoms with Gasteiger partial charge in [0, 0.05) is 22.7 Å². The van der Waals surface area contributed by atoms with Gasteiger partial charge < -0.3 is 10.6 Å². The first kappa shape index (κ1) is 9.99. The van der Waals surface area contributed by atoms with E-state index in [1.807, 2.05) is 6.07 Å². The first-order valence-corrected chi connectivity index (χ1v) is 5.87. The van der Waals surface area contributed by atoms with Crippen LogP contribution in [-0.4, -0.2) is 19.1 Å². The Hall–Kier alpha value is -0.540. The molecule has 1 atom stereocenters. The second-order valence-electron chi connectivity index (χ2n) is 3.70. The highest BCUT2D eigenvalue weighted by molar-refractivity contribution is 9.10. The molecule has 1 aliphatic heterocycles. The van der Waals surface area contributed by atoms with Crippen LogP contribution in [0.25, 0.3) is 0 Å². The number of benzene rings is 1. The van der Waals surface area contributed by atoms with Crippen molar-refractivity contribution in [2.24, 2.45) is 0 Å². The normalized spacial score (nSPS) is 21.9. The van der Waals surface area contributed by atoms with E-state index in [1.165, 1.54) is 18.5 Å². The molecule has 2 nitrogen and oxygen atoms in total. The molecule has 1 aliphatic rings. The lowest BCUT2D eigenvalue weighted by Gasteiger charge is -2.24. The zero-order chi connectivity index (χ0) is 9.80. The van der Waals surface area contributed by atoms with Gasteiger partial charge in [-0.1, -0.05) is 22.0 Å². The van der Waals surface area contributed by atoms with Gasteiger partial charge in [0.2, 0.25) is 0 Å². The molecular formula is C11H15BrN2. The van der Waals surface area contributed by atoms with Crippen LogP contribution in [0.2, 0.25) is 0 Å². The Morgan fingerprint density at radius 1 is 1.43 bits per heavy atom. The van der Waals surface area contributed by atoms with E-state index in [-0.39, 0.29) is 0 Å². The standard InChI is InChI=1S/C11H15BrN2/c12-9-3-1-4-10(7-9)14-11-5-2-6-13-8-11/h1,3-4,7,11,13-14H,2,5-6,8H2/t11-/m0/s1. The van der Waals surface area contributed by atoms with E-state index in [2.05, 4.69) is 44.8 Å². The van der Waals surface area contributed by atoms with Crippen molar-refractivity contribution in [3.05, 3.63) is 28.7 Å². The van der Waals surface area contributed by atoms with Gasteiger partial charge >= 0.3 is 0 Å². The average molecular weight is 255 g/mol. The van der Waals surface area contributed by atoms with Crippen molar-refractivity contribution in [3.63, 3.8) is 0 Å². The van der Waals surface area contributed by atoms with E-state index in [9.17, 15) is 0 Å². The lowest BCUT2D eigenvalue weighted by Crippen LogP contribution is -2.38. The highest BCUT2D eigenvalue weighted by Crippen LogP contribution is 2.17. The van der Waals surface area contributed by atoms with Crippen LogP contribution in [-0.2, 0) is 0 Å². The van der Waals surface area contributed by atoms with E-state index in [0.717, 1.165) is 17.6 Å². The van der Waals surface area contributed by atoms with E-state index in [0.29, 0.717) is 6.04 Å². The number of halogens is 1. The fourth-order valence-corrected chi connectivity index (χ4v) is 2.19. The van der Waals surface area contributed by atoms with Gasteiger partial charge in [-0.05, 0) is 37.6 Å². The topological polar surface area (TPSA) is 24.1 Å². The van der Waals surface area contributed by atoms with E-state index in [4.69, 9.17) is 0 Å². The lowest BCUT2D eigenvalue weighted by molar-refractivity contribution is 0.480. The van der Waals surface area contributed by atoms with Crippen molar-refractivity contribution >= 4 is 21.6 Å². The molecule has 0 unspecified atom stereocenters. The third-order valence-electron chi connectivity index (χ3n) is 2.49. The van der Waals surface area contributed by atoms with Crippen molar-refractivity contribution in [1.82, 2.24) is 5.32 Å². The number of anilines is 1. The first-order chi connectivity index (χ1) is 6.84. The molecule has 0 aromatic heterocycles. The van der Waals surface area contributed by atoms with Gasteiger partial charge in [0.25, 0.3) is 0 Å².